The van der Waals surface area contributed by atoms with Gasteiger partial charge in [0, 0.05) is 26.7 Å². The summed E-state index contributed by atoms with van der Waals surface area (Å²) >= 11 is 0. The third-order valence-corrected chi connectivity index (χ3v) is 4.48. The molecule has 0 saturated carbocycles. The van der Waals surface area contributed by atoms with Crippen LogP contribution in [0.2, 0.25) is 0 Å². The number of nitrogens with zero attached hydrogens (tertiary/aromatic N) is 5. The van der Waals surface area contributed by atoms with Crippen LogP contribution in [0.1, 0.15) is 17.7 Å². The fourth-order valence-corrected chi connectivity index (χ4v) is 3.01. The van der Waals surface area contributed by atoms with Crippen LogP contribution in [0.15, 0.2) is 6.33 Å². The second kappa shape index (κ2) is 6.58. The fourth-order valence-electron chi connectivity index (χ4n) is 3.01. The molecule has 22 heavy (non-hydrogen) atoms. The molecule has 2 aromatic rings. The number of aryl methyl sites for hydroxylation is 1. The highest BCUT2D eigenvalue weighted by Gasteiger charge is 2.22. The van der Waals surface area contributed by atoms with E-state index in [-0.39, 0.29) is 0 Å². The van der Waals surface area contributed by atoms with E-state index in [1.54, 1.807) is 18.0 Å². The van der Waals surface area contributed by atoms with Gasteiger partial charge in [0.05, 0.1) is 18.0 Å². The van der Waals surface area contributed by atoms with Gasteiger partial charge in [0.2, 0.25) is 5.65 Å². The molecule has 0 aliphatic carbocycles. The maximum atomic E-state index is 5.15. The van der Waals surface area contributed by atoms with Crippen molar-refractivity contribution in [1.82, 2.24) is 24.7 Å². The second-order valence-electron chi connectivity index (χ2n) is 6.01. The standard InChI is InChI=1S/C15H24N6O/c1-11-12(2)19-21-10-17-18-15(21)14(11)16-8-13-4-5-20(9-13)6-7-22-3/h10,13,16H,4-9H2,1-3H3. The Labute approximate surface area is 130 Å². The van der Waals surface area contributed by atoms with E-state index in [2.05, 4.69) is 32.4 Å². The van der Waals surface area contributed by atoms with Gasteiger partial charge >= 0.3 is 0 Å². The van der Waals surface area contributed by atoms with Crippen LogP contribution in [-0.4, -0.2) is 64.6 Å². The Morgan fingerprint density at radius 2 is 2.27 bits per heavy atom. The monoisotopic (exact) mass is 304 g/mol. The van der Waals surface area contributed by atoms with Crippen molar-refractivity contribution < 1.29 is 4.74 Å². The lowest BCUT2D eigenvalue weighted by Gasteiger charge is -2.17. The molecule has 1 aliphatic heterocycles. The minimum Gasteiger partial charge on any atom is -0.383 e. The number of methoxy groups -OCH3 is 1. The van der Waals surface area contributed by atoms with E-state index in [4.69, 9.17) is 4.74 Å². The van der Waals surface area contributed by atoms with Gasteiger partial charge in [-0.2, -0.15) is 9.61 Å². The van der Waals surface area contributed by atoms with Crippen LogP contribution < -0.4 is 5.32 Å². The van der Waals surface area contributed by atoms with Crippen molar-refractivity contribution >= 4 is 11.3 Å². The van der Waals surface area contributed by atoms with Crippen molar-refractivity contribution in [2.24, 2.45) is 5.92 Å². The van der Waals surface area contributed by atoms with Crippen LogP contribution in [0.4, 0.5) is 5.69 Å². The third kappa shape index (κ3) is 3.05. The highest BCUT2D eigenvalue weighted by molar-refractivity contribution is 5.71. The van der Waals surface area contributed by atoms with E-state index in [9.17, 15) is 0 Å². The highest BCUT2D eigenvalue weighted by Crippen LogP contribution is 2.23. The molecule has 2 aromatic heterocycles. The number of aromatic nitrogens is 4. The van der Waals surface area contributed by atoms with Crippen LogP contribution in [0.25, 0.3) is 5.65 Å². The summed E-state index contributed by atoms with van der Waals surface area (Å²) in [7, 11) is 1.76. The lowest BCUT2D eigenvalue weighted by Crippen LogP contribution is -2.26. The molecule has 3 rings (SSSR count). The van der Waals surface area contributed by atoms with Gasteiger partial charge in [-0.3, -0.25) is 0 Å². The van der Waals surface area contributed by atoms with Gasteiger partial charge < -0.3 is 15.0 Å². The molecule has 1 unspecified atom stereocenters. The minimum atomic E-state index is 0.660. The Balaban J connectivity index is 1.65. The molecule has 0 spiro atoms. The third-order valence-electron chi connectivity index (χ3n) is 4.48. The summed E-state index contributed by atoms with van der Waals surface area (Å²) in [6.07, 6.45) is 2.87. The number of rotatable bonds is 6. The van der Waals surface area contributed by atoms with E-state index in [1.807, 2.05) is 6.92 Å². The molecular formula is C15H24N6O. The summed E-state index contributed by atoms with van der Waals surface area (Å²) in [5.74, 6) is 0.660. The zero-order chi connectivity index (χ0) is 15.5. The molecule has 1 fully saturated rings. The number of fused-ring (bicyclic) bond motifs is 1. The number of hydrogen-bond donors (Lipinski definition) is 1. The molecular weight excluding hydrogens is 280 g/mol. The van der Waals surface area contributed by atoms with Crippen LogP contribution in [0.3, 0.4) is 0 Å². The van der Waals surface area contributed by atoms with Gasteiger partial charge in [0.15, 0.2) is 0 Å². The molecule has 1 aliphatic rings. The normalized spacial score (nSPS) is 19.1. The lowest BCUT2D eigenvalue weighted by molar-refractivity contribution is 0.159. The highest BCUT2D eigenvalue weighted by atomic mass is 16.5. The van der Waals surface area contributed by atoms with Gasteiger partial charge in [-0.05, 0) is 38.3 Å². The molecule has 1 saturated heterocycles. The van der Waals surface area contributed by atoms with E-state index < -0.39 is 0 Å². The van der Waals surface area contributed by atoms with E-state index in [0.717, 1.165) is 55.4 Å². The number of hydrogen-bond acceptors (Lipinski definition) is 6. The molecule has 120 valence electrons. The van der Waals surface area contributed by atoms with E-state index in [1.165, 1.54) is 6.42 Å². The zero-order valence-electron chi connectivity index (χ0n) is 13.5. The van der Waals surface area contributed by atoms with Crippen LogP contribution in [0, 0.1) is 19.8 Å². The Kier molecular flexibility index (Phi) is 4.54. The molecule has 0 amide bonds. The molecule has 3 heterocycles. The fraction of sp³-hybridized carbons (Fsp3) is 0.667. The maximum absolute atomic E-state index is 5.15. The zero-order valence-corrected chi connectivity index (χ0v) is 13.5. The molecule has 1 N–H and O–H groups in total. The average Bonchev–Trinajstić information content (AvgIpc) is 3.14. The van der Waals surface area contributed by atoms with Crippen LogP contribution >= 0.6 is 0 Å². The molecule has 0 radical (unpaired) electrons. The summed E-state index contributed by atoms with van der Waals surface area (Å²) in [6.45, 7) is 9.17. The van der Waals surface area contributed by atoms with Crippen molar-refractivity contribution in [2.45, 2.75) is 20.3 Å². The Hall–Kier alpha value is -1.73. The van der Waals surface area contributed by atoms with Gasteiger partial charge in [-0.25, -0.2) is 0 Å². The first-order chi connectivity index (χ1) is 10.7. The van der Waals surface area contributed by atoms with Crippen molar-refractivity contribution in [1.29, 1.82) is 0 Å². The summed E-state index contributed by atoms with van der Waals surface area (Å²) < 4.78 is 6.89. The van der Waals surface area contributed by atoms with Crippen molar-refractivity contribution in [3.63, 3.8) is 0 Å². The van der Waals surface area contributed by atoms with Crippen LogP contribution in [0.5, 0.6) is 0 Å². The number of likely N-dealkylation sites (tertiary alicyclic amines) is 1. The molecule has 7 heteroatoms. The van der Waals surface area contributed by atoms with Gasteiger partial charge in [0.25, 0.3) is 0 Å². The Bertz CT molecular complexity index is 640. The SMILES string of the molecule is COCCN1CCC(CNc2c(C)c(C)nn3cnnc23)C1. The number of anilines is 1. The van der Waals surface area contributed by atoms with Gasteiger partial charge in [-0.1, -0.05) is 0 Å². The van der Waals surface area contributed by atoms with Gasteiger partial charge in [-0.15, -0.1) is 10.2 Å². The summed E-state index contributed by atoms with van der Waals surface area (Å²) in [5.41, 5.74) is 4.01. The van der Waals surface area contributed by atoms with Crippen molar-refractivity contribution in [2.75, 3.05) is 45.2 Å². The average molecular weight is 304 g/mol. The quantitative estimate of drug-likeness (QED) is 0.862. The first kappa shape index (κ1) is 15.2. The van der Waals surface area contributed by atoms with Crippen LogP contribution in [-0.2, 0) is 4.74 Å². The first-order valence-corrected chi connectivity index (χ1v) is 7.81. The van der Waals surface area contributed by atoms with Crippen molar-refractivity contribution in [3.8, 4) is 0 Å². The smallest absolute Gasteiger partial charge is 0.200 e. The van der Waals surface area contributed by atoms with Crippen molar-refractivity contribution in [3.05, 3.63) is 17.6 Å². The minimum absolute atomic E-state index is 0.660. The predicted octanol–water partition coefficient (Wildman–Crippen LogP) is 1.12. The molecule has 1 atom stereocenters. The maximum Gasteiger partial charge on any atom is 0.200 e. The van der Waals surface area contributed by atoms with E-state index >= 15 is 0 Å². The lowest BCUT2D eigenvalue weighted by atomic mass is 10.1. The topological polar surface area (TPSA) is 67.6 Å². The molecule has 7 nitrogen and oxygen atoms in total. The molecule has 0 aromatic carbocycles. The summed E-state index contributed by atoms with van der Waals surface area (Å²) in [6, 6.07) is 0. The van der Waals surface area contributed by atoms with E-state index in [0.29, 0.717) is 5.92 Å². The molecule has 0 bridgehead atoms. The Morgan fingerprint density at radius 3 is 3.09 bits per heavy atom. The second-order valence-corrected chi connectivity index (χ2v) is 6.01. The summed E-state index contributed by atoms with van der Waals surface area (Å²) in [5, 5.41) is 16.2. The predicted molar refractivity (Wildman–Crippen MR) is 85.2 cm³/mol. The number of ether oxygens (including phenoxy) is 1. The largest absolute Gasteiger partial charge is 0.383 e. The summed E-state index contributed by atoms with van der Waals surface area (Å²) in [4.78, 5) is 2.47. The Morgan fingerprint density at radius 1 is 1.41 bits per heavy atom. The first-order valence-electron chi connectivity index (χ1n) is 7.81. The number of nitrogens with one attached hydrogen (secondary N) is 1. The van der Waals surface area contributed by atoms with Gasteiger partial charge in [0.1, 0.15) is 6.33 Å².